The summed E-state index contributed by atoms with van der Waals surface area (Å²) in [5, 5.41) is 3.36. The van der Waals surface area contributed by atoms with E-state index in [9.17, 15) is 9.59 Å². The van der Waals surface area contributed by atoms with E-state index < -0.39 is 11.4 Å². The molecule has 4 heterocycles. The van der Waals surface area contributed by atoms with Crippen LogP contribution in [0.2, 0.25) is 0 Å². The zero-order valence-electron chi connectivity index (χ0n) is 25.4. The Morgan fingerprint density at radius 3 is 2.62 bits per heavy atom. The van der Waals surface area contributed by atoms with Crippen molar-refractivity contribution < 1.29 is 14.3 Å². The van der Waals surface area contributed by atoms with Crippen LogP contribution in [0.15, 0.2) is 42.9 Å². The molecule has 0 saturated heterocycles. The van der Waals surface area contributed by atoms with Crippen LogP contribution in [0.1, 0.15) is 81.4 Å². The minimum Gasteiger partial charge on any atom is -0.465 e. The lowest BCUT2D eigenvalue weighted by atomic mass is 9.77. The van der Waals surface area contributed by atoms with E-state index in [1.807, 2.05) is 44.1 Å². The highest BCUT2D eigenvalue weighted by Gasteiger charge is 2.49. The lowest BCUT2D eigenvalue weighted by Crippen LogP contribution is -2.49. The number of esters is 1. The van der Waals surface area contributed by atoms with Crippen molar-refractivity contribution in [2.75, 3.05) is 17.3 Å². The average molecular weight is 567 g/mol. The van der Waals surface area contributed by atoms with E-state index in [1.54, 1.807) is 12.3 Å². The number of hydrogen-bond acceptors (Lipinski definition) is 7. The van der Waals surface area contributed by atoms with E-state index in [0.29, 0.717) is 23.1 Å². The Balaban J connectivity index is 1.45. The second-order valence-electron chi connectivity index (χ2n) is 12.4. The normalized spacial score (nSPS) is 19.2. The SMILES string of the molecule is CCC1CC(N2C(=O)C(C)(C)c3ccc(-c4cc5ncn(C(C)C)c5c(Nc5cc(C(=O)OC)c(C)cn5)n4)cc32)C1. The molecule has 1 fully saturated rings. The first kappa shape index (κ1) is 27.9. The molecule has 2 aliphatic rings. The van der Waals surface area contributed by atoms with Gasteiger partial charge in [0.05, 0.1) is 35.6 Å². The van der Waals surface area contributed by atoms with Gasteiger partial charge in [0, 0.05) is 29.5 Å². The summed E-state index contributed by atoms with van der Waals surface area (Å²) in [6.45, 7) is 12.3. The Labute approximate surface area is 246 Å². The molecule has 6 rings (SSSR count). The maximum Gasteiger partial charge on any atom is 0.338 e. The molecule has 1 N–H and O–H groups in total. The van der Waals surface area contributed by atoms with Crippen molar-refractivity contribution in [3.63, 3.8) is 0 Å². The maximum absolute atomic E-state index is 13.6. The van der Waals surface area contributed by atoms with E-state index in [1.165, 1.54) is 7.11 Å². The molecule has 218 valence electrons. The minimum atomic E-state index is -0.570. The number of ether oxygens (including phenoxy) is 1. The van der Waals surface area contributed by atoms with Crippen LogP contribution in [0, 0.1) is 12.8 Å². The van der Waals surface area contributed by atoms with Crippen LogP contribution in [-0.2, 0) is 14.9 Å². The predicted molar refractivity (Wildman–Crippen MR) is 164 cm³/mol. The Kier molecular flexibility index (Phi) is 6.78. The first-order valence-corrected chi connectivity index (χ1v) is 14.7. The second kappa shape index (κ2) is 10.2. The number of amides is 1. The van der Waals surface area contributed by atoms with Crippen molar-refractivity contribution >= 4 is 40.2 Å². The van der Waals surface area contributed by atoms with Crippen molar-refractivity contribution in [3.8, 4) is 11.3 Å². The highest BCUT2D eigenvalue weighted by molar-refractivity contribution is 6.08. The minimum absolute atomic E-state index is 0.149. The highest BCUT2D eigenvalue weighted by atomic mass is 16.5. The summed E-state index contributed by atoms with van der Waals surface area (Å²) >= 11 is 0. The fourth-order valence-corrected chi connectivity index (χ4v) is 6.28. The zero-order valence-corrected chi connectivity index (χ0v) is 25.4. The van der Waals surface area contributed by atoms with Gasteiger partial charge < -0.3 is 19.5 Å². The van der Waals surface area contributed by atoms with Gasteiger partial charge in [-0.05, 0) is 82.7 Å². The molecule has 0 atom stereocenters. The number of aromatic nitrogens is 4. The van der Waals surface area contributed by atoms with Crippen LogP contribution in [0.3, 0.4) is 0 Å². The number of aryl methyl sites for hydroxylation is 1. The molecule has 0 unspecified atom stereocenters. The number of rotatable bonds is 7. The van der Waals surface area contributed by atoms with Crippen molar-refractivity contribution in [3.05, 3.63) is 59.5 Å². The van der Waals surface area contributed by atoms with Crippen LogP contribution in [-0.4, -0.2) is 44.5 Å². The number of carbonyl (C=O) groups excluding carboxylic acids is 2. The van der Waals surface area contributed by atoms with E-state index in [0.717, 1.165) is 58.4 Å². The molecule has 0 spiro atoms. The molecule has 1 aliphatic carbocycles. The zero-order chi connectivity index (χ0) is 29.9. The molecule has 0 bridgehead atoms. The second-order valence-corrected chi connectivity index (χ2v) is 12.4. The molecule has 9 nitrogen and oxygen atoms in total. The molecule has 0 radical (unpaired) electrons. The predicted octanol–water partition coefficient (Wildman–Crippen LogP) is 6.73. The van der Waals surface area contributed by atoms with Gasteiger partial charge in [-0.3, -0.25) is 4.79 Å². The number of hydrogen-bond donors (Lipinski definition) is 1. The topological polar surface area (TPSA) is 102 Å². The smallest absolute Gasteiger partial charge is 0.338 e. The van der Waals surface area contributed by atoms with Gasteiger partial charge >= 0.3 is 5.97 Å². The van der Waals surface area contributed by atoms with Gasteiger partial charge in [0.1, 0.15) is 11.3 Å². The van der Waals surface area contributed by atoms with Crippen LogP contribution in [0.5, 0.6) is 0 Å². The Hall–Kier alpha value is -4.27. The molecule has 1 aliphatic heterocycles. The summed E-state index contributed by atoms with van der Waals surface area (Å²) in [5.41, 5.74) is 5.90. The van der Waals surface area contributed by atoms with E-state index in [-0.39, 0.29) is 18.0 Å². The van der Waals surface area contributed by atoms with Crippen molar-refractivity contribution in [2.24, 2.45) is 5.92 Å². The van der Waals surface area contributed by atoms with Crippen molar-refractivity contribution in [1.82, 2.24) is 19.5 Å². The number of carbonyl (C=O) groups is 2. The number of methoxy groups -OCH3 is 1. The first-order valence-electron chi connectivity index (χ1n) is 14.7. The number of nitrogens with one attached hydrogen (secondary N) is 1. The Morgan fingerprint density at radius 1 is 1.17 bits per heavy atom. The van der Waals surface area contributed by atoms with E-state index in [4.69, 9.17) is 14.7 Å². The standard InChI is InChI=1S/C33H38N6O3/c1-8-20-11-22(12-20)39-27-13-21(9-10-24(27)33(5,6)32(39)41)25-15-26-29(38(17-35-26)18(2)3)30(36-25)37-28-14-23(31(40)42-7)19(4)16-34-28/h9-10,13-18,20,22H,8,11-12H2,1-7H3,(H,34,36,37). The number of pyridine rings is 2. The summed E-state index contributed by atoms with van der Waals surface area (Å²) in [4.78, 5) is 42.3. The van der Waals surface area contributed by atoms with E-state index in [2.05, 4.69) is 47.8 Å². The number of benzene rings is 1. The Bertz CT molecular complexity index is 1720. The van der Waals surface area contributed by atoms with Crippen LogP contribution < -0.4 is 10.2 Å². The molecule has 3 aromatic heterocycles. The van der Waals surface area contributed by atoms with Crippen LogP contribution >= 0.6 is 0 Å². The number of nitrogens with zero attached hydrogens (tertiary/aromatic N) is 5. The molecule has 9 heteroatoms. The summed E-state index contributed by atoms with van der Waals surface area (Å²) in [5.74, 6) is 1.49. The molecular formula is C33H38N6O3. The maximum atomic E-state index is 13.6. The van der Waals surface area contributed by atoms with Gasteiger partial charge in [-0.1, -0.05) is 25.5 Å². The average Bonchev–Trinajstić information content (AvgIpc) is 3.46. The fraction of sp³-hybridized carbons (Fsp3) is 0.424. The first-order chi connectivity index (χ1) is 20.0. The molecule has 1 amide bonds. The Morgan fingerprint density at radius 2 is 1.93 bits per heavy atom. The molecule has 1 aromatic carbocycles. The number of fused-ring (bicyclic) bond motifs is 2. The quantitative estimate of drug-likeness (QED) is 0.248. The molecule has 42 heavy (non-hydrogen) atoms. The van der Waals surface area contributed by atoms with Crippen molar-refractivity contribution in [1.29, 1.82) is 0 Å². The third-order valence-corrected chi connectivity index (χ3v) is 9.00. The van der Waals surface area contributed by atoms with Gasteiger partial charge in [0.15, 0.2) is 5.82 Å². The lowest BCUT2D eigenvalue weighted by molar-refractivity contribution is -0.123. The summed E-state index contributed by atoms with van der Waals surface area (Å²) in [6.07, 6.45) is 6.70. The van der Waals surface area contributed by atoms with Gasteiger partial charge in [0.2, 0.25) is 5.91 Å². The van der Waals surface area contributed by atoms with Crippen LogP contribution in [0.25, 0.3) is 22.3 Å². The summed E-state index contributed by atoms with van der Waals surface area (Å²) in [7, 11) is 1.37. The molecule has 1 saturated carbocycles. The van der Waals surface area contributed by atoms with Gasteiger partial charge in [-0.25, -0.2) is 19.7 Å². The third-order valence-electron chi connectivity index (χ3n) is 9.00. The highest BCUT2D eigenvalue weighted by Crippen LogP contribution is 2.48. The molecule has 4 aromatic rings. The molecular weight excluding hydrogens is 528 g/mol. The van der Waals surface area contributed by atoms with Gasteiger partial charge in [-0.2, -0.15) is 0 Å². The third kappa shape index (κ3) is 4.42. The van der Waals surface area contributed by atoms with Gasteiger partial charge in [0.25, 0.3) is 0 Å². The summed E-state index contributed by atoms with van der Waals surface area (Å²) < 4.78 is 7.03. The van der Waals surface area contributed by atoms with E-state index >= 15 is 0 Å². The number of imidazole rings is 1. The van der Waals surface area contributed by atoms with Crippen LogP contribution in [0.4, 0.5) is 17.3 Å². The monoisotopic (exact) mass is 566 g/mol. The van der Waals surface area contributed by atoms with Gasteiger partial charge in [-0.15, -0.1) is 0 Å². The largest absolute Gasteiger partial charge is 0.465 e. The fourth-order valence-electron chi connectivity index (χ4n) is 6.28. The summed E-state index contributed by atoms with van der Waals surface area (Å²) in [6, 6.07) is 10.3. The lowest BCUT2D eigenvalue weighted by Gasteiger charge is -2.41. The number of anilines is 3. The van der Waals surface area contributed by atoms with Crippen molar-refractivity contribution in [2.45, 2.75) is 78.3 Å².